The van der Waals surface area contributed by atoms with E-state index < -0.39 is 21.9 Å². The van der Waals surface area contributed by atoms with Gasteiger partial charge in [-0.25, -0.2) is 13.1 Å². The Balaban J connectivity index is 2.16. The first kappa shape index (κ1) is 22.6. The molecule has 7 nitrogen and oxygen atoms in total. The molecule has 0 radical (unpaired) electrons. The average molecular weight is 419 g/mol. The lowest BCUT2D eigenvalue weighted by molar-refractivity contribution is -0.145. The summed E-state index contributed by atoms with van der Waals surface area (Å²) in [4.78, 5) is 26.0. The van der Waals surface area contributed by atoms with Gasteiger partial charge in [0.05, 0.1) is 17.9 Å². The first-order valence-electron chi connectivity index (χ1n) is 9.29. The van der Waals surface area contributed by atoms with Crippen molar-refractivity contribution in [3.05, 3.63) is 65.7 Å². The van der Waals surface area contributed by atoms with E-state index >= 15 is 0 Å². The van der Waals surface area contributed by atoms with E-state index in [4.69, 9.17) is 4.74 Å². The third-order valence-electron chi connectivity index (χ3n) is 4.47. The molecule has 2 rings (SSSR count). The van der Waals surface area contributed by atoms with Crippen LogP contribution in [0.2, 0.25) is 0 Å². The fraction of sp³-hybridized carbons (Fsp3) is 0.333. The Kier molecular flexibility index (Phi) is 7.92. The van der Waals surface area contributed by atoms with Crippen molar-refractivity contribution in [2.24, 2.45) is 5.92 Å². The zero-order chi connectivity index (χ0) is 21.4. The Labute approximate surface area is 171 Å². The van der Waals surface area contributed by atoms with Gasteiger partial charge in [-0.2, -0.15) is 0 Å². The van der Waals surface area contributed by atoms with Crippen molar-refractivity contribution in [1.29, 1.82) is 0 Å². The lowest BCUT2D eigenvalue weighted by Gasteiger charge is -2.23. The van der Waals surface area contributed by atoms with Gasteiger partial charge < -0.3 is 9.64 Å². The number of amides is 1. The molecule has 0 saturated carbocycles. The van der Waals surface area contributed by atoms with Gasteiger partial charge in [0.15, 0.2) is 0 Å². The van der Waals surface area contributed by atoms with Gasteiger partial charge in [0.25, 0.3) is 5.91 Å². The fourth-order valence-corrected chi connectivity index (χ4v) is 3.86. The Bertz CT molecular complexity index is 945. The molecule has 1 N–H and O–H groups in total. The largest absolute Gasteiger partial charge is 0.469 e. The van der Waals surface area contributed by atoms with Gasteiger partial charge in [0.1, 0.15) is 0 Å². The minimum atomic E-state index is -3.78. The molecule has 2 aromatic rings. The predicted octanol–water partition coefficient (Wildman–Crippen LogP) is 2.44. The molecule has 1 unspecified atom stereocenters. The zero-order valence-electron chi connectivity index (χ0n) is 16.8. The molecule has 0 spiro atoms. The Morgan fingerprint density at radius 1 is 1.10 bits per heavy atom. The van der Waals surface area contributed by atoms with Gasteiger partial charge >= 0.3 is 5.97 Å². The molecule has 0 bridgehead atoms. The predicted molar refractivity (Wildman–Crippen MR) is 110 cm³/mol. The van der Waals surface area contributed by atoms with E-state index in [0.717, 1.165) is 5.56 Å². The van der Waals surface area contributed by atoms with Crippen LogP contribution in [-0.2, 0) is 26.1 Å². The van der Waals surface area contributed by atoms with Gasteiger partial charge in [-0.3, -0.25) is 9.59 Å². The van der Waals surface area contributed by atoms with E-state index in [-0.39, 0.29) is 29.5 Å². The first-order chi connectivity index (χ1) is 13.8. The number of sulfonamides is 1. The molecule has 0 aromatic heterocycles. The van der Waals surface area contributed by atoms with Crippen molar-refractivity contribution in [3.63, 3.8) is 0 Å². The van der Waals surface area contributed by atoms with E-state index in [1.54, 1.807) is 19.9 Å². The highest BCUT2D eigenvalue weighted by Crippen LogP contribution is 2.15. The van der Waals surface area contributed by atoms with Crippen LogP contribution in [0.15, 0.2) is 59.5 Å². The Morgan fingerprint density at radius 3 is 2.41 bits per heavy atom. The highest BCUT2D eigenvalue weighted by Gasteiger charge is 2.23. The molecule has 2 aromatic carbocycles. The molecule has 0 aliphatic carbocycles. The molecule has 0 aliphatic heterocycles. The minimum Gasteiger partial charge on any atom is -0.469 e. The summed E-state index contributed by atoms with van der Waals surface area (Å²) in [6, 6.07) is 15.0. The van der Waals surface area contributed by atoms with Crippen molar-refractivity contribution in [2.45, 2.75) is 25.3 Å². The van der Waals surface area contributed by atoms with E-state index in [9.17, 15) is 18.0 Å². The number of nitrogens with one attached hydrogen (secondary N) is 1. The van der Waals surface area contributed by atoms with Crippen LogP contribution in [0, 0.1) is 5.92 Å². The van der Waals surface area contributed by atoms with Gasteiger partial charge in [0, 0.05) is 25.2 Å². The van der Waals surface area contributed by atoms with Crippen LogP contribution in [0.4, 0.5) is 0 Å². The summed E-state index contributed by atoms with van der Waals surface area (Å²) >= 11 is 0. The van der Waals surface area contributed by atoms with E-state index in [2.05, 4.69) is 4.72 Å². The highest BCUT2D eigenvalue weighted by atomic mass is 32.2. The van der Waals surface area contributed by atoms with Gasteiger partial charge in [-0.15, -0.1) is 0 Å². The van der Waals surface area contributed by atoms with Crippen molar-refractivity contribution in [3.8, 4) is 0 Å². The number of carbonyl (C=O) groups is 2. The Hall–Kier alpha value is -2.71. The van der Waals surface area contributed by atoms with E-state index in [1.165, 1.54) is 30.2 Å². The molecule has 1 amide bonds. The van der Waals surface area contributed by atoms with E-state index in [1.807, 2.05) is 30.3 Å². The van der Waals surface area contributed by atoms with Crippen LogP contribution in [0.3, 0.4) is 0 Å². The molecular formula is C21H26N2O5S. The highest BCUT2D eigenvalue weighted by molar-refractivity contribution is 7.89. The number of hydrogen-bond donors (Lipinski definition) is 1. The SMILES string of the molecule is CCN(CC(C)C(=O)OC)C(=O)c1cccc(S(=O)(=O)NCc2ccccc2)c1. The number of esters is 1. The second kappa shape index (κ2) is 10.2. The van der Waals surface area contributed by atoms with Crippen LogP contribution < -0.4 is 4.72 Å². The number of nitrogens with zero attached hydrogens (tertiary/aromatic N) is 1. The van der Waals surface area contributed by atoms with Crippen molar-refractivity contribution >= 4 is 21.9 Å². The number of carbonyl (C=O) groups excluding carboxylic acids is 2. The molecule has 156 valence electrons. The van der Waals surface area contributed by atoms with Crippen LogP contribution in [0.1, 0.15) is 29.8 Å². The minimum absolute atomic E-state index is 0.0105. The van der Waals surface area contributed by atoms with Gasteiger partial charge in [-0.05, 0) is 30.7 Å². The maximum atomic E-state index is 12.8. The first-order valence-corrected chi connectivity index (χ1v) is 10.8. The molecule has 0 heterocycles. The van der Waals surface area contributed by atoms with Gasteiger partial charge in [0.2, 0.25) is 10.0 Å². The molecular weight excluding hydrogens is 392 g/mol. The summed E-state index contributed by atoms with van der Waals surface area (Å²) in [6.45, 7) is 4.19. The van der Waals surface area contributed by atoms with Crippen molar-refractivity contribution < 1.29 is 22.7 Å². The lowest BCUT2D eigenvalue weighted by Crippen LogP contribution is -2.37. The van der Waals surface area contributed by atoms with Crippen LogP contribution in [0.5, 0.6) is 0 Å². The molecule has 8 heteroatoms. The second-order valence-electron chi connectivity index (χ2n) is 6.61. The molecule has 0 aliphatic rings. The number of ether oxygens (including phenoxy) is 1. The molecule has 29 heavy (non-hydrogen) atoms. The second-order valence-corrected chi connectivity index (χ2v) is 8.37. The van der Waals surface area contributed by atoms with Crippen LogP contribution >= 0.6 is 0 Å². The zero-order valence-corrected chi connectivity index (χ0v) is 17.6. The summed E-state index contributed by atoms with van der Waals surface area (Å²) in [5.41, 5.74) is 1.07. The van der Waals surface area contributed by atoms with Gasteiger partial charge in [-0.1, -0.05) is 43.3 Å². The number of hydrogen-bond acceptors (Lipinski definition) is 5. The normalized spacial score (nSPS) is 12.2. The lowest BCUT2D eigenvalue weighted by atomic mass is 10.1. The summed E-state index contributed by atoms with van der Waals surface area (Å²) in [6.07, 6.45) is 0. The summed E-state index contributed by atoms with van der Waals surface area (Å²) < 4.78 is 32.5. The van der Waals surface area contributed by atoms with Crippen LogP contribution in [0.25, 0.3) is 0 Å². The third-order valence-corrected chi connectivity index (χ3v) is 5.87. The molecule has 0 saturated heterocycles. The Morgan fingerprint density at radius 2 is 1.79 bits per heavy atom. The number of rotatable bonds is 9. The maximum Gasteiger partial charge on any atom is 0.310 e. The fourth-order valence-electron chi connectivity index (χ4n) is 2.80. The monoisotopic (exact) mass is 418 g/mol. The quantitative estimate of drug-likeness (QED) is 0.632. The maximum absolute atomic E-state index is 12.8. The summed E-state index contributed by atoms with van der Waals surface area (Å²) in [5, 5.41) is 0. The topological polar surface area (TPSA) is 92.8 Å². The number of methoxy groups -OCH3 is 1. The summed E-state index contributed by atoms with van der Waals surface area (Å²) in [7, 11) is -2.48. The average Bonchev–Trinajstić information content (AvgIpc) is 2.75. The third kappa shape index (κ3) is 6.13. The van der Waals surface area contributed by atoms with Crippen LogP contribution in [-0.4, -0.2) is 45.4 Å². The molecule has 0 fully saturated rings. The number of benzene rings is 2. The van der Waals surface area contributed by atoms with Crippen molar-refractivity contribution in [2.75, 3.05) is 20.2 Å². The molecule has 1 atom stereocenters. The summed E-state index contributed by atoms with van der Waals surface area (Å²) in [5.74, 6) is -1.23. The standard InChI is InChI=1S/C21H26N2O5S/c1-4-23(15-16(2)21(25)28-3)20(24)18-11-8-12-19(13-18)29(26,27)22-14-17-9-6-5-7-10-17/h5-13,16,22H,4,14-15H2,1-3H3. The van der Waals surface area contributed by atoms with E-state index in [0.29, 0.717) is 6.54 Å². The smallest absolute Gasteiger partial charge is 0.310 e. The van der Waals surface area contributed by atoms with Crippen molar-refractivity contribution in [1.82, 2.24) is 9.62 Å².